The molecule has 2 aromatic heterocycles. The second-order valence-electron chi connectivity index (χ2n) is 9.36. The highest BCUT2D eigenvalue weighted by Crippen LogP contribution is 2.34. The van der Waals surface area contributed by atoms with Gasteiger partial charge in [-0.3, -0.25) is 9.59 Å². The molecule has 0 radical (unpaired) electrons. The van der Waals surface area contributed by atoms with E-state index in [0.29, 0.717) is 22.2 Å². The molecular formula is C28H28F3N3O4S. The van der Waals surface area contributed by atoms with Crippen LogP contribution >= 0.6 is 11.3 Å². The number of carbonyl (C=O) groups is 1. The summed E-state index contributed by atoms with van der Waals surface area (Å²) in [5.41, 5.74) is 0.605. The van der Waals surface area contributed by atoms with Gasteiger partial charge in [0.25, 0.3) is 11.5 Å². The lowest BCUT2D eigenvalue weighted by atomic mass is 10.1. The number of halogens is 3. The van der Waals surface area contributed by atoms with Crippen LogP contribution in [0.3, 0.4) is 0 Å². The third-order valence-electron chi connectivity index (χ3n) is 6.22. The fourth-order valence-electron chi connectivity index (χ4n) is 4.23. The van der Waals surface area contributed by atoms with Crippen molar-refractivity contribution in [2.45, 2.75) is 38.6 Å². The molecule has 4 aromatic rings. The maximum atomic E-state index is 13.1. The lowest BCUT2D eigenvalue weighted by Crippen LogP contribution is -2.35. The van der Waals surface area contributed by atoms with Crippen molar-refractivity contribution in [1.82, 2.24) is 14.7 Å². The van der Waals surface area contributed by atoms with E-state index in [1.807, 2.05) is 24.3 Å². The average molecular weight is 560 g/mol. The fourth-order valence-corrected chi connectivity index (χ4v) is 5.32. The Bertz CT molecular complexity index is 1490. The molecule has 0 unspecified atom stereocenters. The van der Waals surface area contributed by atoms with Gasteiger partial charge in [0.2, 0.25) is 0 Å². The SMILES string of the molecule is CC(=O)O.CN1CCC(Oc2cccc(Cn3ncc4cc(-c5ccc(C(F)(F)F)cc5)sc4c3=O)c2)CC1. The smallest absolute Gasteiger partial charge is 0.416 e. The number of aromatic nitrogens is 2. The molecule has 0 bridgehead atoms. The molecule has 1 fully saturated rings. The second-order valence-corrected chi connectivity index (χ2v) is 10.4. The van der Waals surface area contributed by atoms with E-state index in [9.17, 15) is 18.0 Å². The van der Waals surface area contributed by atoms with Crippen molar-refractivity contribution in [3.63, 3.8) is 0 Å². The minimum Gasteiger partial charge on any atom is -0.490 e. The maximum Gasteiger partial charge on any atom is 0.416 e. The first-order chi connectivity index (χ1) is 18.5. The number of likely N-dealkylation sites (tertiary alicyclic amines) is 1. The van der Waals surface area contributed by atoms with Crippen molar-refractivity contribution in [3.8, 4) is 16.2 Å². The molecule has 0 spiro atoms. The lowest BCUT2D eigenvalue weighted by molar-refractivity contribution is -0.137. The molecule has 0 amide bonds. The summed E-state index contributed by atoms with van der Waals surface area (Å²) in [7, 11) is 2.11. The maximum absolute atomic E-state index is 13.1. The number of nitrogens with zero attached hydrogens (tertiary/aromatic N) is 3. The minimum absolute atomic E-state index is 0.188. The summed E-state index contributed by atoms with van der Waals surface area (Å²) < 4.78 is 46.7. The molecule has 1 aliphatic heterocycles. The Kier molecular flexibility index (Phi) is 8.71. The topological polar surface area (TPSA) is 84.7 Å². The van der Waals surface area contributed by atoms with Gasteiger partial charge in [-0.2, -0.15) is 18.3 Å². The summed E-state index contributed by atoms with van der Waals surface area (Å²) in [6.45, 7) is 3.41. The van der Waals surface area contributed by atoms with Crippen LogP contribution in [0.4, 0.5) is 13.2 Å². The van der Waals surface area contributed by atoms with Crippen LogP contribution in [0.2, 0.25) is 0 Å². The van der Waals surface area contributed by atoms with Gasteiger partial charge in [0.15, 0.2) is 0 Å². The van der Waals surface area contributed by atoms with Gasteiger partial charge < -0.3 is 14.7 Å². The monoisotopic (exact) mass is 559 g/mol. The number of thiophene rings is 1. The molecule has 0 aliphatic carbocycles. The summed E-state index contributed by atoms with van der Waals surface area (Å²) in [5, 5.41) is 12.4. The Balaban J connectivity index is 0.000000826. The van der Waals surface area contributed by atoms with Gasteiger partial charge in [-0.1, -0.05) is 24.3 Å². The van der Waals surface area contributed by atoms with E-state index in [4.69, 9.17) is 14.6 Å². The molecule has 5 rings (SSSR count). The summed E-state index contributed by atoms with van der Waals surface area (Å²) in [5.74, 6) is -0.0492. The molecule has 11 heteroatoms. The highest BCUT2D eigenvalue weighted by molar-refractivity contribution is 7.22. The third-order valence-corrected chi connectivity index (χ3v) is 7.41. The van der Waals surface area contributed by atoms with E-state index < -0.39 is 17.7 Å². The number of alkyl halides is 3. The Labute approximate surface area is 227 Å². The Morgan fingerprint density at radius 3 is 2.44 bits per heavy atom. The van der Waals surface area contributed by atoms with Crippen LogP contribution in [-0.2, 0) is 17.5 Å². The molecular weight excluding hydrogens is 531 g/mol. The largest absolute Gasteiger partial charge is 0.490 e. The van der Waals surface area contributed by atoms with Crippen LogP contribution in [0.25, 0.3) is 20.5 Å². The first-order valence-corrected chi connectivity index (χ1v) is 13.1. The molecule has 1 N–H and O–H groups in total. The number of hydrogen-bond acceptors (Lipinski definition) is 6. The van der Waals surface area contributed by atoms with Crippen LogP contribution in [0.5, 0.6) is 5.75 Å². The number of ether oxygens (including phenoxy) is 1. The van der Waals surface area contributed by atoms with Gasteiger partial charge in [0.1, 0.15) is 16.6 Å². The number of aliphatic carboxylic acids is 1. The summed E-state index contributed by atoms with van der Waals surface area (Å²) in [6, 6.07) is 14.5. The molecule has 2 aromatic carbocycles. The van der Waals surface area contributed by atoms with E-state index in [1.54, 1.807) is 12.3 Å². The summed E-state index contributed by atoms with van der Waals surface area (Å²) in [4.78, 5) is 25.1. The van der Waals surface area contributed by atoms with Crippen LogP contribution in [0.15, 0.2) is 65.6 Å². The van der Waals surface area contributed by atoms with Gasteiger partial charge in [-0.25, -0.2) is 4.68 Å². The molecule has 1 saturated heterocycles. The standard InChI is InChI=1S/C26H24F3N3O2S.C2H4O2/c1-31-11-9-21(10-12-31)34-22-4-2-3-17(13-22)16-32-25(33)24-19(15-30-32)14-23(35-24)18-5-7-20(8-6-18)26(27,28)29;1-2(3)4/h2-8,13-15,21H,9-12,16H2,1H3;1H3,(H,3,4). The zero-order valence-corrected chi connectivity index (χ0v) is 22.3. The zero-order valence-electron chi connectivity index (χ0n) is 21.4. The van der Waals surface area contributed by atoms with E-state index >= 15 is 0 Å². The minimum atomic E-state index is -4.38. The second kappa shape index (κ2) is 12.0. The number of carboxylic acid groups (broad SMARTS) is 1. The van der Waals surface area contributed by atoms with Crippen LogP contribution in [0, 0.1) is 0 Å². The predicted molar refractivity (Wildman–Crippen MR) is 144 cm³/mol. The van der Waals surface area contributed by atoms with Crippen LogP contribution in [-0.4, -0.2) is 52.0 Å². The predicted octanol–water partition coefficient (Wildman–Crippen LogP) is 5.76. The van der Waals surface area contributed by atoms with Crippen LogP contribution in [0.1, 0.15) is 30.9 Å². The number of carboxylic acids is 1. The third kappa shape index (κ3) is 7.45. The molecule has 0 atom stereocenters. The van der Waals surface area contributed by atoms with Gasteiger partial charge in [0, 0.05) is 30.3 Å². The van der Waals surface area contributed by atoms with Crippen molar-refractivity contribution in [3.05, 3.63) is 82.3 Å². The van der Waals surface area contributed by atoms with Gasteiger partial charge >= 0.3 is 6.18 Å². The summed E-state index contributed by atoms with van der Waals surface area (Å²) in [6.07, 6.45) is -0.602. The van der Waals surface area contributed by atoms with Crippen molar-refractivity contribution < 1.29 is 27.8 Å². The van der Waals surface area contributed by atoms with Crippen molar-refractivity contribution in [2.24, 2.45) is 0 Å². The average Bonchev–Trinajstić information content (AvgIpc) is 3.32. The number of benzene rings is 2. The quantitative estimate of drug-likeness (QED) is 0.335. The molecule has 3 heterocycles. The van der Waals surface area contributed by atoms with Gasteiger partial charge in [-0.15, -0.1) is 11.3 Å². The molecule has 206 valence electrons. The Hall–Kier alpha value is -3.70. The highest BCUT2D eigenvalue weighted by Gasteiger charge is 2.30. The van der Waals surface area contributed by atoms with E-state index in [2.05, 4.69) is 17.0 Å². The van der Waals surface area contributed by atoms with Gasteiger partial charge in [-0.05, 0) is 61.3 Å². The number of fused-ring (bicyclic) bond motifs is 1. The Morgan fingerprint density at radius 2 is 1.79 bits per heavy atom. The van der Waals surface area contributed by atoms with E-state index in [0.717, 1.165) is 61.2 Å². The van der Waals surface area contributed by atoms with E-state index in [1.165, 1.54) is 28.2 Å². The molecule has 0 saturated carbocycles. The normalized spacial score (nSPS) is 14.6. The molecule has 39 heavy (non-hydrogen) atoms. The molecule has 7 nitrogen and oxygen atoms in total. The van der Waals surface area contributed by atoms with Gasteiger partial charge in [0.05, 0.1) is 18.3 Å². The van der Waals surface area contributed by atoms with E-state index in [-0.39, 0.29) is 11.7 Å². The number of piperidine rings is 1. The Morgan fingerprint density at radius 1 is 1.13 bits per heavy atom. The summed E-state index contributed by atoms with van der Waals surface area (Å²) >= 11 is 1.26. The van der Waals surface area contributed by atoms with Crippen molar-refractivity contribution in [2.75, 3.05) is 20.1 Å². The first kappa shape index (κ1) is 28.3. The zero-order chi connectivity index (χ0) is 28.2. The fraction of sp³-hybridized carbons (Fsp3) is 0.321. The molecule has 1 aliphatic rings. The number of hydrogen-bond donors (Lipinski definition) is 1. The lowest BCUT2D eigenvalue weighted by Gasteiger charge is -2.29. The highest BCUT2D eigenvalue weighted by atomic mass is 32.1. The first-order valence-electron chi connectivity index (χ1n) is 12.3. The van der Waals surface area contributed by atoms with Crippen molar-refractivity contribution in [1.29, 1.82) is 0 Å². The van der Waals surface area contributed by atoms with Crippen molar-refractivity contribution >= 4 is 27.4 Å². The van der Waals surface area contributed by atoms with Crippen LogP contribution < -0.4 is 10.3 Å². The number of rotatable bonds is 5.